The molecule has 140 valence electrons. The number of carbonyl (C=O) groups excluding carboxylic acids is 1. The number of rotatable bonds is 8. The first-order chi connectivity index (χ1) is 12.4. The largest absolute Gasteiger partial charge is 0.466 e. The minimum Gasteiger partial charge on any atom is -0.466 e. The Labute approximate surface area is 149 Å². The number of carbonyl (C=O) groups is 1. The summed E-state index contributed by atoms with van der Waals surface area (Å²) in [5.41, 5.74) is 0.149. The summed E-state index contributed by atoms with van der Waals surface area (Å²) < 4.78 is 47.8. The van der Waals surface area contributed by atoms with Crippen molar-refractivity contribution < 1.29 is 27.4 Å². The molecule has 1 aromatic carbocycles. The van der Waals surface area contributed by atoms with E-state index in [1.165, 1.54) is 12.1 Å². The van der Waals surface area contributed by atoms with Crippen LogP contribution in [-0.2, 0) is 22.3 Å². The fourth-order valence-electron chi connectivity index (χ4n) is 2.06. The highest BCUT2D eigenvalue weighted by molar-refractivity contribution is 5.69. The number of nitrogens with one attached hydrogen (secondary N) is 1. The summed E-state index contributed by atoms with van der Waals surface area (Å²) in [4.78, 5) is 15.3. The molecule has 0 saturated heterocycles. The zero-order chi connectivity index (χ0) is 19.0. The van der Waals surface area contributed by atoms with E-state index in [4.69, 9.17) is 9.47 Å². The van der Waals surface area contributed by atoms with Crippen LogP contribution < -0.4 is 10.1 Å². The Hall–Kier alpha value is -2.61. The standard InChI is InChI=1S/C18H19F3N2O3/c1-2-25-17(24)9-10-22-11-13-3-8-16(23-12-13)26-15-6-4-14(5-7-15)18(19,20)21/h3-8,12,22H,2,9-11H2,1H3. The second-order valence-corrected chi connectivity index (χ2v) is 5.36. The number of alkyl halides is 3. The monoisotopic (exact) mass is 368 g/mol. The number of esters is 1. The first-order valence-electron chi connectivity index (χ1n) is 8.05. The van der Waals surface area contributed by atoms with Gasteiger partial charge < -0.3 is 14.8 Å². The third kappa shape index (κ3) is 6.36. The fraction of sp³-hybridized carbons (Fsp3) is 0.333. The van der Waals surface area contributed by atoms with Gasteiger partial charge in [-0.2, -0.15) is 13.2 Å². The first-order valence-corrected chi connectivity index (χ1v) is 8.05. The average Bonchev–Trinajstić information content (AvgIpc) is 2.60. The lowest BCUT2D eigenvalue weighted by molar-refractivity contribution is -0.143. The number of benzene rings is 1. The molecule has 0 fully saturated rings. The van der Waals surface area contributed by atoms with E-state index in [0.717, 1.165) is 17.7 Å². The zero-order valence-electron chi connectivity index (χ0n) is 14.2. The average molecular weight is 368 g/mol. The van der Waals surface area contributed by atoms with E-state index in [1.54, 1.807) is 25.3 Å². The molecule has 0 aliphatic carbocycles. The molecule has 26 heavy (non-hydrogen) atoms. The van der Waals surface area contributed by atoms with Crippen molar-refractivity contribution in [1.29, 1.82) is 0 Å². The van der Waals surface area contributed by atoms with Gasteiger partial charge in [-0.3, -0.25) is 4.79 Å². The molecule has 0 spiro atoms. The molecule has 1 aromatic heterocycles. The molecule has 0 unspecified atom stereocenters. The number of ether oxygens (including phenoxy) is 2. The molecule has 2 aromatic rings. The van der Waals surface area contributed by atoms with Crippen molar-refractivity contribution in [3.05, 3.63) is 53.7 Å². The first kappa shape index (κ1) is 19.7. The van der Waals surface area contributed by atoms with Crippen LogP contribution in [-0.4, -0.2) is 24.1 Å². The zero-order valence-corrected chi connectivity index (χ0v) is 14.2. The van der Waals surface area contributed by atoms with Gasteiger partial charge in [0.2, 0.25) is 5.88 Å². The fourth-order valence-corrected chi connectivity index (χ4v) is 2.06. The van der Waals surface area contributed by atoms with Gasteiger partial charge in [-0.05, 0) is 36.8 Å². The Kier molecular flexibility index (Phi) is 6.97. The molecular weight excluding hydrogens is 349 g/mol. The van der Waals surface area contributed by atoms with Gasteiger partial charge in [0.1, 0.15) is 5.75 Å². The Bertz CT molecular complexity index is 701. The van der Waals surface area contributed by atoms with Crippen LogP contribution in [0.4, 0.5) is 13.2 Å². The molecule has 5 nitrogen and oxygen atoms in total. The highest BCUT2D eigenvalue weighted by Gasteiger charge is 2.30. The summed E-state index contributed by atoms with van der Waals surface area (Å²) in [6.07, 6.45) is -2.49. The molecule has 0 saturated carbocycles. The topological polar surface area (TPSA) is 60.5 Å². The summed E-state index contributed by atoms with van der Waals surface area (Å²) in [6, 6.07) is 7.81. The van der Waals surface area contributed by atoms with Crippen LogP contribution >= 0.6 is 0 Å². The van der Waals surface area contributed by atoms with Crippen molar-refractivity contribution in [3.8, 4) is 11.6 Å². The smallest absolute Gasteiger partial charge is 0.416 e. The molecule has 2 rings (SSSR count). The Morgan fingerprint density at radius 2 is 1.88 bits per heavy atom. The number of pyridine rings is 1. The van der Waals surface area contributed by atoms with Gasteiger partial charge in [-0.15, -0.1) is 0 Å². The highest BCUT2D eigenvalue weighted by atomic mass is 19.4. The number of nitrogens with zero attached hydrogens (tertiary/aromatic N) is 1. The Morgan fingerprint density at radius 1 is 1.15 bits per heavy atom. The highest BCUT2D eigenvalue weighted by Crippen LogP contribution is 2.31. The molecule has 0 radical (unpaired) electrons. The lowest BCUT2D eigenvalue weighted by Gasteiger charge is -2.09. The van der Waals surface area contributed by atoms with Crippen molar-refractivity contribution in [2.75, 3.05) is 13.2 Å². The van der Waals surface area contributed by atoms with E-state index in [2.05, 4.69) is 10.3 Å². The number of halogens is 3. The van der Waals surface area contributed by atoms with E-state index in [-0.39, 0.29) is 24.0 Å². The van der Waals surface area contributed by atoms with E-state index in [1.807, 2.05) is 0 Å². The lowest BCUT2D eigenvalue weighted by atomic mass is 10.2. The van der Waals surface area contributed by atoms with E-state index in [9.17, 15) is 18.0 Å². The Balaban J connectivity index is 1.81. The molecule has 0 aliphatic rings. The van der Waals surface area contributed by atoms with Gasteiger partial charge in [-0.1, -0.05) is 6.07 Å². The molecule has 1 N–H and O–H groups in total. The number of hydrogen-bond acceptors (Lipinski definition) is 5. The molecule has 0 bridgehead atoms. The van der Waals surface area contributed by atoms with Gasteiger partial charge in [0.25, 0.3) is 0 Å². The normalized spacial score (nSPS) is 11.2. The van der Waals surface area contributed by atoms with Crippen molar-refractivity contribution >= 4 is 5.97 Å². The van der Waals surface area contributed by atoms with Crippen LogP contribution in [0.2, 0.25) is 0 Å². The van der Waals surface area contributed by atoms with Gasteiger partial charge in [-0.25, -0.2) is 4.98 Å². The third-order valence-electron chi connectivity index (χ3n) is 3.34. The molecule has 8 heteroatoms. The SMILES string of the molecule is CCOC(=O)CCNCc1ccc(Oc2ccc(C(F)(F)F)cc2)nc1. The van der Waals surface area contributed by atoms with Crippen LogP contribution in [0.3, 0.4) is 0 Å². The summed E-state index contributed by atoms with van der Waals surface area (Å²) >= 11 is 0. The lowest BCUT2D eigenvalue weighted by Crippen LogP contribution is -2.19. The molecule has 0 amide bonds. The Morgan fingerprint density at radius 3 is 2.46 bits per heavy atom. The second-order valence-electron chi connectivity index (χ2n) is 5.36. The molecular formula is C18H19F3N2O3. The van der Waals surface area contributed by atoms with Gasteiger partial charge in [0.05, 0.1) is 18.6 Å². The minimum absolute atomic E-state index is 0.251. The quantitative estimate of drug-likeness (QED) is 0.565. The predicted molar refractivity (Wildman–Crippen MR) is 88.7 cm³/mol. The maximum atomic E-state index is 12.5. The molecule has 0 aliphatic heterocycles. The van der Waals surface area contributed by atoms with Crippen molar-refractivity contribution in [1.82, 2.24) is 10.3 Å². The van der Waals surface area contributed by atoms with Crippen molar-refractivity contribution in [2.45, 2.75) is 26.1 Å². The number of hydrogen-bond donors (Lipinski definition) is 1. The van der Waals surface area contributed by atoms with Gasteiger partial charge in [0.15, 0.2) is 0 Å². The van der Waals surface area contributed by atoms with E-state index >= 15 is 0 Å². The summed E-state index contributed by atoms with van der Waals surface area (Å²) in [5.74, 6) is 0.296. The number of aromatic nitrogens is 1. The maximum absolute atomic E-state index is 12.5. The summed E-state index contributed by atoms with van der Waals surface area (Å²) in [5, 5.41) is 3.09. The van der Waals surface area contributed by atoms with Crippen molar-refractivity contribution in [2.24, 2.45) is 0 Å². The molecule has 0 atom stereocenters. The van der Waals surface area contributed by atoms with Crippen LogP contribution in [0.15, 0.2) is 42.6 Å². The predicted octanol–water partition coefficient (Wildman–Crippen LogP) is 3.94. The van der Waals surface area contributed by atoms with Crippen LogP contribution in [0.25, 0.3) is 0 Å². The van der Waals surface area contributed by atoms with Crippen molar-refractivity contribution in [3.63, 3.8) is 0 Å². The van der Waals surface area contributed by atoms with E-state index < -0.39 is 11.7 Å². The van der Waals surface area contributed by atoms with Crippen LogP contribution in [0.1, 0.15) is 24.5 Å². The van der Waals surface area contributed by atoms with Gasteiger partial charge in [0, 0.05) is 25.4 Å². The minimum atomic E-state index is -4.38. The third-order valence-corrected chi connectivity index (χ3v) is 3.34. The van der Waals surface area contributed by atoms with Gasteiger partial charge >= 0.3 is 12.1 Å². The second kappa shape index (κ2) is 9.19. The van der Waals surface area contributed by atoms with Crippen LogP contribution in [0, 0.1) is 0 Å². The van der Waals surface area contributed by atoms with E-state index in [0.29, 0.717) is 19.7 Å². The summed E-state index contributed by atoms with van der Waals surface area (Å²) in [6.45, 7) is 3.13. The molecule has 1 heterocycles. The summed E-state index contributed by atoms with van der Waals surface area (Å²) in [7, 11) is 0. The van der Waals surface area contributed by atoms with Crippen LogP contribution in [0.5, 0.6) is 11.6 Å². The maximum Gasteiger partial charge on any atom is 0.416 e.